The van der Waals surface area contributed by atoms with Crippen LogP contribution in [0.3, 0.4) is 0 Å². The maximum Gasteiger partial charge on any atom is 0.245 e. The van der Waals surface area contributed by atoms with Crippen LogP contribution in [0.25, 0.3) is 0 Å². The second-order valence-corrected chi connectivity index (χ2v) is 10.4. The van der Waals surface area contributed by atoms with Crippen LogP contribution in [-0.4, -0.2) is 32.3 Å². The normalized spacial score (nSPS) is 18.5. The molecule has 1 atom stereocenters. The Balaban J connectivity index is 1.62. The second kappa shape index (κ2) is 9.96. The number of hydrogen-bond donors (Lipinski definition) is 1. The van der Waals surface area contributed by atoms with E-state index in [1.807, 2.05) is 42.5 Å². The molecule has 1 unspecified atom stereocenters. The predicted molar refractivity (Wildman–Crippen MR) is 122 cm³/mol. The molecule has 0 bridgehead atoms. The minimum atomic E-state index is -3.84. The van der Waals surface area contributed by atoms with E-state index >= 15 is 0 Å². The Kier molecular flexibility index (Phi) is 7.08. The molecule has 2 aliphatic rings. The number of carbonyl (C=O) groups is 1. The van der Waals surface area contributed by atoms with E-state index in [4.69, 9.17) is 0 Å². The van der Waals surface area contributed by atoms with E-state index in [0.717, 1.165) is 50.5 Å². The van der Waals surface area contributed by atoms with Crippen molar-refractivity contribution >= 4 is 15.9 Å². The van der Waals surface area contributed by atoms with Crippen molar-refractivity contribution in [2.24, 2.45) is 0 Å². The highest BCUT2D eigenvalue weighted by atomic mass is 32.2. The first-order valence-corrected chi connectivity index (χ1v) is 13.0. The molecular weight excluding hydrogens is 408 g/mol. The third-order valence-electron chi connectivity index (χ3n) is 6.45. The number of piperidine rings is 1. The van der Waals surface area contributed by atoms with Gasteiger partial charge < -0.3 is 4.90 Å². The Morgan fingerprint density at radius 3 is 2.16 bits per heavy atom. The molecule has 2 aromatic rings. The molecule has 1 N–H and O–H groups in total. The van der Waals surface area contributed by atoms with Gasteiger partial charge in [-0.25, -0.2) is 8.42 Å². The molecule has 0 spiro atoms. The first-order chi connectivity index (χ1) is 15.0. The molecule has 1 fully saturated rings. The zero-order valence-electron chi connectivity index (χ0n) is 18.1. The van der Waals surface area contributed by atoms with Gasteiger partial charge in [0.1, 0.15) is 6.04 Å². The number of nitrogens with zero attached hydrogens (tertiary/aromatic N) is 1. The molecular formula is C25H32N2O3S. The van der Waals surface area contributed by atoms with E-state index in [-0.39, 0.29) is 10.8 Å². The van der Waals surface area contributed by atoms with Crippen molar-refractivity contribution < 1.29 is 13.2 Å². The first kappa shape index (κ1) is 22.0. The quantitative estimate of drug-likeness (QED) is 0.750. The topological polar surface area (TPSA) is 66.5 Å². The number of rotatable bonds is 5. The average Bonchev–Trinajstić information content (AvgIpc) is 2.78. The van der Waals surface area contributed by atoms with Gasteiger partial charge >= 0.3 is 0 Å². The monoisotopic (exact) mass is 440 g/mol. The van der Waals surface area contributed by atoms with E-state index in [1.54, 1.807) is 11.0 Å². The minimum absolute atomic E-state index is 0.166. The van der Waals surface area contributed by atoms with Crippen LogP contribution in [-0.2, 0) is 27.7 Å². The zero-order valence-corrected chi connectivity index (χ0v) is 18.9. The third kappa shape index (κ3) is 5.36. The summed E-state index contributed by atoms with van der Waals surface area (Å²) < 4.78 is 29.5. The molecule has 1 aliphatic carbocycles. The fourth-order valence-electron chi connectivity index (χ4n) is 4.66. The van der Waals surface area contributed by atoms with Crippen molar-refractivity contribution in [2.45, 2.75) is 68.7 Å². The van der Waals surface area contributed by atoms with Crippen molar-refractivity contribution in [3.8, 4) is 0 Å². The maximum absolute atomic E-state index is 13.4. The lowest BCUT2D eigenvalue weighted by atomic mass is 9.93. The van der Waals surface area contributed by atoms with Crippen molar-refractivity contribution in [1.29, 1.82) is 0 Å². The Morgan fingerprint density at radius 2 is 1.45 bits per heavy atom. The van der Waals surface area contributed by atoms with Crippen molar-refractivity contribution in [1.82, 2.24) is 9.62 Å². The second-order valence-electron chi connectivity index (χ2n) is 8.70. The van der Waals surface area contributed by atoms with Gasteiger partial charge in [-0.15, -0.1) is 0 Å². The summed E-state index contributed by atoms with van der Waals surface area (Å²) in [4.78, 5) is 15.4. The Morgan fingerprint density at radius 1 is 0.806 bits per heavy atom. The van der Waals surface area contributed by atoms with E-state index in [9.17, 15) is 13.2 Å². The number of fused-ring (bicyclic) bond motifs is 1. The highest BCUT2D eigenvalue weighted by molar-refractivity contribution is 7.89. The van der Waals surface area contributed by atoms with Crippen LogP contribution in [0, 0.1) is 0 Å². The standard InChI is InChI=1S/C25H32N2O3S/c28-25(27-17-9-4-10-18-27)24(21-12-7-3-8-13-21)26-31(29,30)23-16-15-20-11-5-1-2-6-14-22(20)19-23/h3,7-8,12-13,15-16,19,24,26H,1-2,4-6,9-11,14,17-18H2. The summed E-state index contributed by atoms with van der Waals surface area (Å²) in [6.45, 7) is 1.37. The van der Waals surface area contributed by atoms with Crippen LogP contribution < -0.4 is 4.72 Å². The number of amides is 1. The fourth-order valence-corrected chi connectivity index (χ4v) is 5.88. The van der Waals surface area contributed by atoms with Gasteiger partial charge in [-0.05, 0) is 73.8 Å². The highest BCUT2D eigenvalue weighted by Crippen LogP contribution is 2.26. The summed E-state index contributed by atoms with van der Waals surface area (Å²) in [5.41, 5.74) is 3.05. The molecule has 2 aromatic carbocycles. The van der Waals surface area contributed by atoms with Crippen LogP contribution in [0.1, 0.15) is 67.7 Å². The fraction of sp³-hybridized carbons (Fsp3) is 0.480. The Labute approximate surface area is 185 Å². The summed E-state index contributed by atoms with van der Waals surface area (Å²) in [5, 5.41) is 0. The molecule has 31 heavy (non-hydrogen) atoms. The number of hydrogen-bond acceptors (Lipinski definition) is 3. The molecule has 1 aliphatic heterocycles. The molecule has 1 amide bonds. The summed E-state index contributed by atoms with van der Waals surface area (Å²) >= 11 is 0. The first-order valence-electron chi connectivity index (χ1n) is 11.5. The van der Waals surface area contributed by atoms with Gasteiger partial charge in [0.05, 0.1) is 4.90 Å². The lowest BCUT2D eigenvalue weighted by Crippen LogP contribution is -2.44. The molecule has 4 rings (SSSR count). The largest absolute Gasteiger partial charge is 0.341 e. The average molecular weight is 441 g/mol. The van der Waals surface area contributed by atoms with Crippen molar-refractivity contribution in [2.75, 3.05) is 13.1 Å². The van der Waals surface area contributed by atoms with Crippen LogP contribution in [0.5, 0.6) is 0 Å². The number of nitrogens with one attached hydrogen (secondary N) is 1. The van der Waals surface area contributed by atoms with Crippen molar-refractivity contribution in [3.05, 3.63) is 65.2 Å². The number of aryl methyl sites for hydroxylation is 2. The van der Waals surface area contributed by atoms with Crippen LogP contribution in [0.2, 0.25) is 0 Å². The minimum Gasteiger partial charge on any atom is -0.341 e. The molecule has 1 heterocycles. The zero-order chi connectivity index (χ0) is 21.7. The van der Waals surface area contributed by atoms with Crippen molar-refractivity contribution in [3.63, 3.8) is 0 Å². The van der Waals surface area contributed by atoms with E-state index < -0.39 is 16.1 Å². The van der Waals surface area contributed by atoms with Gasteiger partial charge in [-0.3, -0.25) is 4.79 Å². The van der Waals surface area contributed by atoms with E-state index in [2.05, 4.69) is 4.72 Å². The number of likely N-dealkylation sites (tertiary alicyclic amines) is 1. The lowest BCUT2D eigenvalue weighted by molar-refractivity contribution is -0.134. The summed E-state index contributed by atoms with van der Waals surface area (Å²) in [5.74, 6) is -0.166. The van der Waals surface area contributed by atoms with Crippen LogP contribution in [0.4, 0.5) is 0 Å². The molecule has 0 saturated carbocycles. The molecule has 5 nitrogen and oxygen atoms in total. The number of carbonyl (C=O) groups excluding carboxylic acids is 1. The van der Waals surface area contributed by atoms with Gasteiger partial charge in [-0.1, -0.05) is 49.2 Å². The molecule has 166 valence electrons. The van der Waals surface area contributed by atoms with Gasteiger partial charge in [0.2, 0.25) is 15.9 Å². The van der Waals surface area contributed by atoms with Crippen LogP contribution in [0.15, 0.2) is 53.4 Å². The van der Waals surface area contributed by atoms with E-state index in [1.165, 1.54) is 18.4 Å². The van der Waals surface area contributed by atoms with Gasteiger partial charge in [-0.2, -0.15) is 4.72 Å². The van der Waals surface area contributed by atoms with Crippen LogP contribution >= 0.6 is 0 Å². The Bertz CT molecular complexity index is 999. The summed E-state index contributed by atoms with van der Waals surface area (Å²) in [6.07, 6.45) is 9.61. The van der Waals surface area contributed by atoms with Gasteiger partial charge in [0.25, 0.3) is 0 Å². The summed E-state index contributed by atoms with van der Waals surface area (Å²) in [7, 11) is -3.84. The molecule has 6 heteroatoms. The highest BCUT2D eigenvalue weighted by Gasteiger charge is 2.31. The predicted octanol–water partition coefficient (Wildman–Crippen LogP) is 4.38. The smallest absolute Gasteiger partial charge is 0.245 e. The summed E-state index contributed by atoms with van der Waals surface area (Å²) in [6, 6.07) is 13.7. The van der Waals surface area contributed by atoms with E-state index in [0.29, 0.717) is 18.7 Å². The molecule has 0 aromatic heterocycles. The number of benzene rings is 2. The van der Waals surface area contributed by atoms with Gasteiger partial charge in [0.15, 0.2) is 0 Å². The number of sulfonamides is 1. The van der Waals surface area contributed by atoms with Gasteiger partial charge in [0, 0.05) is 13.1 Å². The molecule has 1 saturated heterocycles. The molecule has 0 radical (unpaired) electrons. The SMILES string of the molecule is O=C(C(NS(=O)(=O)c1ccc2c(c1)CCCCCC2)c1ccccc1)N1CCCCC1. The Hall–Kier alpha value is -2.18. The lowest BCUT2D eigenvalue weighted by Gasteiger charge is -2.31. The maximum atomic E-state index is 13.4. The third-order valence-corrected chi connectivity index (χ3v) is 7.87.